The minimum Gasteiger partial charge on any atom is -0.332 e. The van der Waals surface area contributed by atoms with Crippen molar-refractivity contribution in [3.8, 4) is 0 Å². The van der Waals surface area contributed by atoms with E-state index in [1.165, 1.54) is 6.42 Å². The zero-order chi connectivity index (χ0) is 11.9. The molecule has 0 aliphatic carbocycles. The molecule has 0 saturated carbocycles. The molecule has 2 aliphatic heterocycles. The number of thioether (sulfide) groups is 1. The lowest BCUT2D eigenvalue weighted by atomic mass is 9.99. The molecule has 2 fully saturated rings. The Morgan fingerprint density at radius 2 is 2.00 bits per heavy atom. The van der Waals surface area contributed by atoms with E-state index >= 15 is 0 Å². The maximum absolute atomic E-state index is 10.8. The van der Waals surface area contributed by atoms with E-state index in [1.807, 2.05) is 25.6 Å². The van der Waals surface area contributed by atoms with Crippen LogP contribution in [0.25, 0.3) is 0 Å². The van der Waals surface area contributed by atoms with E-state index in [0.717, 1.165) is 11.5 Å². The molecular weight excluding hydrogens is 208 g/mol. The molecule has 2 aliphatic rings. The van der Waals surface area contributed by atoms with Gasteiger partial charge in [-0.15, -0.1) is 0 Å². The molecule has 4 heteroatoms. The first kappa shape index (κ1) is 14.6. The van der Waals surface area contributed by atoms with Gasteiger partial charge >= 0.3 is 6.03 Å². The fourth-order valence-corrected chi connectivity index (χ4v) is 2.95. The quantitative estimate of drug-likeness (QED) is 0.630. The summed E-state index contributed by atoms with van der Waals surface area (Å²) in [7, 11) is 0. The lowest BCUT2D eigenvalue weighted by Crippen LogP contribution is -2.45. The Hall–Kier alpha value is -0.380. The van der Waals surface area contributed by atoms with E-state index < -0.39 is 0 Å². The molecule has 0 aromatic heterocycles. The van der Waals surface area contributed by atoms with Crippen LogP contribution >= 0.6 is 11.8 Å². The highest BCUT2D eigenvalue weighted by atomic mass is 32.2. The molecule has 15 heavy (non-hydrogen) atoms. The molecule has 3 nitrogen and oxygen atoms in total. The highest BCUT2D eigenvalue weighted by molar-refractivity contribution is 7.99. The molecule has 0 bridgehead atoms. The summed E-state index contributed by atoms with van der Waals surface area (Å²) in [4.78, 5) is 10.8. The molecule has 90 valence electrons. The Labute approximate surface area is 97.8 Å². The van der Waals surface area contributed by atoms with Crippen molar-refractivity contribution in [3.63, 3.8) is 0 Å². The Kier molecular flexibility index (Phi) is 6.81. The van der Waals surface area contributed by atoms with Crippen LogP contribution in [0, 0.1) is 0 Å². The average Bonchev–Trinajstić information content (AvgIpc) is 2.63. The summed E-state index contributed by atoms with van der Waals surface area (Å²) in [6.07, 6.45) is 1.25. The smallest absolute Gasteiger partial charge is 0.315 e. The van der Waals surface area contributed by atoms with Crippen LogP contribution in [0.3, 0.4) is 0 Å². The maximum atomic E-state index is 10.8. The van der Waals surface area contributed by atoms with Crippen LogP contribution in [-0.2, 0) is 0 Å². The summed E-state index contributed by atoms with van der Waals surface area (Å²) in [6, 6.07) is 0.345. The van der Waals surface area contributed by atoms with E-state index in [0.29, 0.717) is 6.04 Å². The SMILES string of the molecule is CC.CCC.C[C@@]12CSC[C@@H]1NC(=O)N2. The van der Waals surface area contributed by atoms with E-state index in [-0.39, 0.29) is 11.6 Å². The number of urea groups is 1. The predicted octanol–water partition coefficient (Wildman–Crippen LogP) is 2.62. The number of hydrogen-bond donors (Lipinski definition) is 2. The number of amides is 2. The van der Waals surface area contributed by atoms with Crippen molar-refractivity contribution >= 4 is 17.8 Å². The third kappa shape index (κ3) is 3.93. The molecule has 2 atom stereocenters. The number of rotatable bonds is 0. The van der Waals surface area contributed by atoms with Gasteiger partial charge in [-0.25, -0.2) is 4.79 Å². The molecule has 0 aromatic rings. The van der Waals surface area contributed by atoms with Crippen LogP contribution in [0.1, 0.15) is 41.0 Å². The molecule has 2 heterocycles. The molecule has 2 amide bonds. The summed E-state index contributed by atoms with van der Waals surface area (Å²) in [5.74, 6) is 2.09. The summed E-state index contributed by atoms with van der Waals surface area (Å²) >= 11 is 1.89. The lowest BCUT2D eigenvalue weighted by Gasteiger charge is -2.20. The summed E-state index contributed by atoms with van der Waals surface area (Å²) in [6.45, 7) is 10.3. The Balaban J connectivity index is 0.000000342. The number of carbonyl (C=O) groups excluding carboxylic acids is 1. The van der Waals surface area contributed by atoms with Gasteiger partial charge in [-0.05, 0) is 6.92 Å². The monoisotopic (exact) mass is 232 g/mol. The van der Waals surface area contributed by atoms with Crippen LogP contribution < -0.4 is 10.6 Å². The van der Waals surface area contributed by atoms with Gasteiger partial charge in [0, 0.05) is 11.5 Å². The summed E-state index contributed by atoms with van der Waals surface area (Å²) < 4.78 is 0. The van der Waals surface area contributed by atoms with E-state index in [4.69, 9.17) is 0 Å². The third-order valence-electron chi connectivity index (χ3n) is 2.16. The molecule has 2 saturated heterocycles. The van der Waals surface area contributed by atoms with E-state index in [9.17, 15) is 4.79 Å². The van der Waals surface area contributed by atoms with Crippen LogP contribution in [0.15, 0.2) is 0 Å². The molecule has 2 N–H and O–H groups in total. The molecule has 0 radical (unpaired) electrons. The van der Waals surface area contributed by atoms with Gasteiger partial charge in [0.15, 0.2) is 0 Å². The second-order valence-corrected chi connectivity index (χ2v) is 4.82. The Morgan fingerprint density at radius 1 is 1.47 bits per heavy atom. The number of nitrogens with one attached hydrogen (secondary N) is 2. The Morgan fingerprint density at radius 3 is 2.47 bits per heavy atom. The van der Waals surface area contributed by atoms with E-state index in [2.05, 4.69) is 31.4 Å². The van der Waals surface area contributed by atoms with Crippen LogP contribution in [0.5, 0.6) is 0 Å². The fraction of sp³-hybridized carbons (Fsp3) is 0.909. The zero-order valence-corrected chi connectivity index (χ0v) is 11.3. The van der Waals surface area contributed by atoms with Gasteiger partial charge in [-0.1, -0.05) is 34.1 Å². The average molecular weight is 232 g/mol. The number of hydrogen-bond acceptors (Lipinski definition) is 2. The van der Waals surface area contributed by atoms with Gasteiger partial charge in [0.2, 0.25) is 0 Å². The molecule has 0 spiro atoms. The fourth-order valence-electron chi connectivity index (χ4n) is 1.45. The van der Waals surface area contributed by atoms with Crippen molar-refractivity contribution in [2.75, 3.05) is 11.5 Å². The first-order valence-corrected chi connectivity index (χ1v) is 6.94. The first-order valence-electron chi connectivity index (χ1n) is 5.78. The molecule has 2 rings (SSSR count). The van der Waals surface area contributed by atoms with Crippen LogP contribution in [-0.4, -0.2) is 29.1 Å². The third-order valence-corrected chi connectivity index (χ3v) is 3.53. The van der Waals surface area contributed by atoms with Crippen LogP contribution in [0.2, 0.25) is 0 Å². The second-order valence-electron chi connectivity index (χ2n) is 3.79. The first-order chi connectivity index (χ1) is 7.12. The van der Waals surface area contributed by atoms with Crippen LogP contribution in [0.4, 0.5) is 4.79 Å². The van der Waals surface area contributed by atoms with E-state index in [1.54, 1.807) is 0 Å². The maximum Gasteiger partial charge on any atom is 0.315 e. The molecular formula is C11H24N2OS. The van der Waals surface area contributed by atoms with Crippen molar-refractivity contribution in [1.29, 1.82) is 0 Å². The zero-order valence-electron chi connectivity index (χ0n) is 10.5. The van der Waals surface area contributed by atoms with Crippen molar-refractivity contribution in [2.24, 2.45) is 0 Å². The largest absolute Gasteiger partial charge is 0.332 e. The van der Waals surface area contributed by atoms with Crippen molar-refractivity contribution in [3.05, 3.63) is 0 Å². The van der Waals surface area contributed by atoms with Gasteiger partial charge in [0.1, 0.15) is 0 Å². The molecule has 0 aromatic carbocycles. The van der Waals surface area contributed by atoms with Gasteiger partial charge in [-0.2, -0.15) is 11.8 Å². The van der Waals surface area contributed by atoms with Gasteiger partial charge in [0.05, 0.1) is 11.6 Å². The minimum atomic E-state index is -0.00667. The highest BCUT2D eigenvalue weighted by Gasteiger charge is 2.46. The topological polar surface area (TPSA) is 41.1 Å². The highest BCUT2D eigenvalue weighted by Crippen LogP contribution is 2.30. The van der Waals surface area contributed by atoms with Crippen molar-refractivity contribution in [2.45, 2.75) is 52.6 Å². The molecule has 0 unspecified atom stereocenters. The van der Waals surface area contributed by atoms with Crippen molar-refractivity contribution < 1.29 is 4.79 Å². The van der Waals surface area contributed by atoms with Gasteiger partial charge < -0.3 is 10.6 Å². The number of fused-ring (bicyclic) bond motifs is 1. The van der Waals surface area contributed by atoms with Crippen molar-refractivity contribution in [1.82, 2.24) is 10.6 Å². The predicted molar refractivity (Wildman–Crippen MR) is 68.5 cm³/mol. The summed E-state index contributed by atoms with van der Waals surface area (Å²) in [5.41, 5.74) is 0.0295. The lowest BCUT2D eigenvalue weighted by molar-refractivity contribution is 0.246. The summed E-state index contributed by atoms with van der Waals surface area (Å²) in [5, 5.41) is 5.81. The normalized spacial score (nSPS) is 31.3. The minimum absolute atomic E-state index is 0.00667. The number of carbonyl (C=O) groups is 1. The Bertz CT molecular complexity index is 199. The van der Waals surface area contributed by atoms with Gasteiger partial charge in [-0.3, -0.25) is 0 Å². The second kappa shape index (κ2) is 6.99. The standard InChI is InChI=1S/C6H10N2OS.C3H8.C2H6/c1-6-3-10-2-4(6)7-5(9)8-6;1-3-2;1-2/h4H,2-3H2,1H3,(H2,7,8,9);3H2,1-2H3;1-2H3/t4-,6+;;/m0../s1. The van der Waals surface area contributed by atoms with Gasteiger partial charge in [0.25, 0.3) is 0 Å².